The van der Waals surface area contributed by atoms with E-state index in [2.05, 4.69) is 20.9 Å². The topological polar surface area (TPSA) is 88.3 Å². The SMILES string of the molecule is COc1ccc(N2NNc3cnc(CN)nc32)cc1. The van der Waals surface area contributed by atoms with Gasteiger partial charge in [0.15, 0.2) is 5.82 Å². The summed E-state index contributed by atoms with van der Waals surface area (Å²) >= 11 is 0. The van der Waals surface area contributed by atoms with Crippen LogP contribution in [0.5, 0.6) is 5.75 Å². The zero-order valence-electron chi connectivity index (χ0n) is 10.4. The lowest BCUT2D eigenvalue weighted by atomic mass is 10.3. The molecule has 7 nitrogen and oxygen atoms in total. The van der Waals surface area contributed by atoms with Gasteiger partial charge in [0.1, 0.15) is 17.3 Å². The molecule has 4 N–H and O–H groups in total. The van der Waals surface area contributed by atoms with E-state index >= 15 is 0 Å². The molecule has 7 heteroatoms. The first kappa shape index (κ1) is 11.7. The van der Waals surface area contributed by atoms with E-state index in [4.69, 9.17) is 10.5 Å². The molecular weight excluding hydrogens is 244 g/mol. The van der Waals surface area contributed by atoms with Gasteiger partial charge in [-0.25, -0.2) is 15.0 Å². The van der Waals surface area contributed by atoms with Gasteiger partial charge in [-0.05, 0) is 24.3 Å². The van der Waals surface area contributed by atoms with E-state index in [1.54, 1.807) is 13.3 Å². The van der Waals surface area contributed by atoms with Crippen molar-refractivity contribution in [3.8, 4) is 5.75 Å². The van der Waals surface area contributed by atoms with Crippen LogP contribution in [-0.2, 0) is 6.54 Å². The van der Waals surface area contributed by atoms with Crippen LogP contribution in [0.4, 0.5) is 17.2 Å². The zero-order chi connectivity index (χ0) is 13.2. The van der Waals surface area contributed by atoms with E-state index in [-0.39, 0.29) is 0 Å². The number of rotatable bonds is 3. The quantitative estimate of drug-likeness (QED) is 0.754. The summed E-state index contributed by atoms with van der Waals surface area (Å²) in [5.74, 6) is 2.16. The standard InChI is InChI=1S/C12H14N6O/c1-19-9-4-2-8(3-5-9)18-12-10(16-17-18)7-14-11(6-13)15-12/h2-5,7,16-17H,6,13H2,1H3. The lowest BCUT2D eigenvalue weighted by Crippen LogP contribution is -2.31. The summed E-state index contributed by atoms with van der Waals surface area (Å²) in [6, 6.07) is 7.65. The van der Waals surface area contributed by atoms with Crippen molar-refractivity contribution in [2.75, 3.05) is 17.5 Å². The Labute approximate surface area is 110 Å². The van der Waals surface area contributed by atoms with Crippen LogP contribution in [0.3, 0.4) is 0 Å². The van der Waals surface area contributed by atoms with Crippen LogP contribution in [0.25, 0.3) is 0 Å². The van der Waals surface area contributed by atoms with Gasteiger partial charge in [0.25, 0.3) is 0 Å². The third-order valence-corrected chi connectivity index (χ3v) is 2.85. The number of aromatic nitrogens is 2. The average Bonchev–Trinajstić information content (AvgIpc) is 2.90. The maximum absolute atomic E-state index is 5.57. The molecule has 98 valence electrons. The number of hydrazine groups is 2. The van der Waals surface area contributed by atoms with Crippen LogP contribution in [0.1, 0.15) is 5.82 Å². The number of ether oxygens (including phenoxy) is 1. The van der Waals surface area contributed by atoms with Crippen molar-refractivity contribution < 1.29 is 4.74 Å². The summed E-state index contributed by atoms with van der Waals surface area (Å²) in [6.07, 6.45) is 1.71. The number of benzene rings is 1. The minimum atomic E-state index is 0.309. The van der Waals surface area contributed by atoms with Gasteiger partial charge in [0.2, 0.25) is 0 Å². The van der Waals surface area contributed by atoms with Crippen LogP contribution >= 0.6 is 0 Å². The van der Waals surface area contributed by atoms with Gasteiger partial charge >= 0.3 is 0 Å². The molecule has 3 rings (SSSR count). The molecule has 19 heavy (non-hydrogen) atoms. The molecule has 2 aromatic rings. The maximum Gasteiger partial charge on any atom is 0.177 e. The fourth-order valence-electron chi connectivity index (χ4n) is 1.85. The highest BCUT2D eigenvalue weighted by atomic mass is 16.5. The Balaban J connectivity index is 1.96. The van der Waals surface area contributed by atoms with E-state index in [1.165, 1.54) is 0 Å². The number of fused-ring (bicyclic) bond motifs is 1. The zero-order valence-corrected chi connectivity index (χ0v) is 10.4. The van der Waals surface area contributed by atoms with Crippen molar-refractivity contribution in [2.24, 2.45) is 5.73 Å². The highest BCUT2D eigenvalue weighted by Crippen LogP contribution is 2.32. The predicted octanol–water partition coefficient (Wildman–Crippen LogP) is 0.927. The van der Waals surface area contributed by atoms with Crippen molar-refractivity contribution in [3.05, 3.63) is 36.3 Å². The van der Waals surface area contributed by atoms with Crippen molar-refractivity contribution in [3.63, 3.8) is 0 Å². The Kier molecular flexibility index (Phi) is 2.90. The molecule has 0 radical (unpaired) electrons. The average molecular weight is 258 g/mol. The Hall–Kier alpha value is -2.38. The first-order valence-corrected chi connectivity index (χ1v) is 5.83. The van der Waals surface area contributed by atoms with Crippen LogP contribution in [-0.4, -0.2) is 17.1 Å². The third kappa shape index (κ3) is 2.05. The highest BCUT2D eigenvalue weighted by molar-refractivity contribution is 5.75. The second-order valence-corrected chi connectivity index (χ2v) is 4.00. The lowest BCUT2D eigenvalue weighted by Gasteiger charge is -2.17. The number of nitrogens with two attached hydrogens (primary N) is 1. The van der Waals surface area contributed by atoms with Crippen LogP contribution in [0.2, 0.25) is 0 Å². The number of hydrogen-bond donors (Lipinski definition) is 3. The number of anilines is 3. The van der Waals surface area contributed by atoms with Crippen LogP contribution in [0, 0.1) is 0 Å². The van der Waals surface area contributed by atoms with Crippen molar-refractivity contribution in [2.45, 2.75) is 6.54 Å². The summed E-state index contributed by atoms with van der Waals surface area (Å²) in [6.45, 7) is 0.309. The Bertz CT molecular complexity index is 585. The predicted molar refractivity (Wildman–Crippen MR) is 71.8 cm³/mol. The largest absolute Gasteiger partial charge is 0.497 e. The molecule has 2 heterocycles. The van der Waals surface area contributed by atoms with Gasteiger partial charge in [-0.15, -0.1) is 5.53 Å². The molecule has 0 spiro atoms. The molecule has 0 fully saturated rings. The molecule has 0 bridgehead atoms. The van der Waals surface area contributed by atoms with E-state index in [0.29, 0.717) is 12.4 Å². The van der Waals surface area contributed by atoms with E-state index in [0.717, 1.165) is 22.9 Å². The molecule has 0 saturated heterocycles. The second kappa shape index (κ2) is 4.71. The molecule has 1 aliphatic heterocycles. The van der Waals surface area contributed by atoms with Gasteiger partial charge in [-0.2, -0.15) is 0 Å². The third-order valence-electron chi connectivity index (χ3n) is 2.85. The van der Waals surface area contributed by atoms with Gasteiger partial charge in [0.05, 0.1) is 25.5 Å². The number of hydrogen-bond acceptors (Lipinski definition) is 7. The molecule has 1 aliphatic rings. The molecule has 1 aromatic carbocycles. The minimum absolute atomic E-state index is 0.309. The van der Waals surface area contributed by atoms with Crippen LogP contribution in [0.15, 0.2) is 30.5 Å². The Morgan fingerprint density at radius 1 is 1.32 bits per heavy atom. The Morgan fingerprint density at radius 2 is 2.11 bits per heavy atom. The lowest BCUT2D eigenvalue weighted by molar-refractivity contribution is 0.415. The van der Waals surface area contributed by atoms with Crippen molar-refractivity contribution in [1.29, 1.82) is 0 Å². The molecule has 0 aliphatic carbocycles. The van der Waals surface area contributed by atoms with E-state index < -0.39 is 0 Å². The smallest absolute Gasteiger partial charge is 0.177 e. The van der Waals surface area contributed by atoms with Gasteiger partial charge in [-0.3, -0.25) is 5.43 Å². The van der Waals surface area contributed by atoms with E-state index in [9.17, 15) is 0 Å². The summed E-state index contributed by atoms with van der Waals surface area (Å²) < 4.78 is 5.14. The monoisotopic (exact) mass is 258 g/mol. The summed E-state index contributed by atoms with van der Waals surface area (Å²) in [4.78, 5) is 8.54. The fraction of sp³-hybridized carbons (Fsp3) is 0.167. The first-order valence-electron chi connectivity index (χ1n) is 5.83. The summed E-state index contributed by atoms with van der Waals surface area (Å²) in [5.41, 5.74) is 13.4. The number of nitrogens with one attached hydrogen (secondary N) is 2. The molecule has 0 saturated carbocycles. The fourth-order valence-corrected chi connectivity index (χ4v) is 1.85. The maximum atomic E-state index is 5.57. The number of methoxy groups -OCH3 is 1. The molecule has 0 unspecified atom stereocenters. The Morgan fingerprint density at radius 3 is 2.79 bits per heavy atom. The molecule has 0 amide bonds. The van der Waals surface area contributed by atoms with Crippen molar-refractivity contribution in [1.82, 2.24) is 15.5 Å². The van der Waals surface area contributed by atoms with Crippen molar-refractivity contribution >= 4 is 17.2 Å². The van der Waals surface area contributed by atoms with Gasteiger partial charge in [-0.1, -0.05) is 0 Å². The molecular formula is C12H14N6O. The first-order chi connectivity index (χ1) is 9.31. The molecule has 0 atom stereocenters. The number of nitrogens with zero attached hydrogens (tertiary/aromatic N) is 3. The van der Waals surface area contributed by atoms with Gasteiger partial charge < -0.3 is 10.5 Å². The molecule has 1 aromatic heterocycles. The van der Waals surface area contributed by atoms with Crippen LogP contribution < -0.4 is 26.4 Å². The summed E-state index contributed by atoms with van der Waals surface area (Å²) in [5, 5.41) is 1.83. The van der Waals surface area contributed by atoms with Gasteiger partial charge in [0, 0.05) is 0 Å². The highest BCUT2D eigenvalue weighted by Gasteiger charge is 2.22. The van der Waals surface area contributed by atoms with E-state index in [1.807, 2.05) is 29.3 Å². The normalized spacial score (nSPS) is 13.1. The minimum Gasteiger partial charge on any atom is -0.497 e. The summed E-state index contributed by atoms with van der Waals surface area (Å²) in [7, 11) is 1.64. The second-order valence-electron chi connectivity index (χ2n) is 4.00.